The Morgan fingerprint density at radius 2 is 1.63 bits per heavy atom. The van der Waals surface area contributed by atoms with Crippen molar-refractivity contribution >= 4 is 46.4 Å². The summed E-state index contributed by atoms with van der Waals surface area (Å²) in [5.74, 6) is 0.00630. The van der Waals surface area contributed by atoms with Crippen LogP contribution < -0.4 is 4.90 Å². The zero-order valence-corrected chi connectivity index (χ0v) is 16.8. The number of hydrogen-bond donors (Lipinski definition) is 0. The number of anilines is 1. The Kier molecular flexibility index (Phi) is 4.37. The molecule has 1 amide bonds. The molecule has 3 aromatic rings. The summed E-state index contributed by atoms with van der Waals surface area (Å²) in [6.07, 6.45) is 1.97. The number of likely N-dealkylation sites (N-methyl/N-ethyl adjacent to an activating group) is 1. The van der Waals surface area contributed by atoms with Gasteiger partial charge in [-0.2, -0.15) is 0 Å². The maximum absolute atomic E-state index is 12.7. The van der Waals surface area contributed by atoms with E-state index in [0.717, 1.165) is 33.9 Å². The first-order valence-electron chi connectivity index (χ1n) is 8.61. The minimum absolute atomic E-state index is 0.00630. The summed E-state index contributed by atoms with van der Waals surface area (Å²) in [6, 6.07) is 15.4. The van der Waals surface area contributed by atoms with Gasteiger partial charge in [0.05, 0.1) is 5.69 Å². The molecule has 27 heavy (non-hydrogen) atoms. The summed E-state index contributed by atoms with van der Waals surface area (Å²) in [6.45, 7) is 4.06. The first-order valence-corrected chi connectivity index (χ1v) is 9.37. The van der Waals surface area contributed by atoms with Crippen LogP contribution in [0.4, 0.5) is 5.69 Å². The molecule has 3 nitrogen and oxygen atoms in total. The Morgan fingerprint density at radius 1 is 0.963 bits per heavy atom. The number of para-hydroxylation sites is 1. The van der Waals surface area contributed by atoms with Gasteiger partial charge in [-0.1, -0.05) is 41.4 Å². The van der Waals surface area contributed by atoms with Crippen LogP contribution in [0, 0.1) is 13.8 Å². The lowest BCUT2D eigenvalue weighted by atomic mass is 10.0. The summed E-state index contributed by atoms with van der Waals surface area (Å²) in [4.78, 5) is 14.4. The van der Waals surface area contributed by atoms with E-state index in [1.165, 1.54) is 0 Å². The Labute approximate surface area is 168 Å². The predicted octanol–water partition coefficient (Wildman–Crippen LogP) is 5.92. The molecule has 1 aromatic heterocycles. The van der Waals surface area contributed by atoms with E-state index in [1.54, 1.807) is 18.0 Å². The van der Waals surface area contributed by atoms with Crippen molar-refractivity contribution in [3.8, 4) is 5.69 Å². The lowest BCUT2D eigenvalue weighted by molar-refractivity contribution is -0.112. The van der Waals surface area contributed by atoms with E-state index >= 15 is 0 Å². The van der Waals surface area contributed by atoms with Crippen LogP contribution >= 0.6 is 23.2 Å². The minimum Gasteiger partial charge on any atom is -0.318 e. The highest BCUT2D eigenvalue weighted by Gasteiger charge is 2.29. The number of aromatic nitrogens is 1. The highest BCUT2D eigenvalue weighted by molar-refractivity contribution is 6.36. The van der Waals surface area contributed by atoms with Crippen molar-refractivity contribution in [2.75, 3.05) is 11.9 Å². The highest BCUT2D eigenvalue weighted by Crippen LogP contribution is 2.37. The van der Waals surface area contributed by atoms with Crippen molar-refractivity contribution in [3.63, 3.8) is 0 Å². The normalized spacial score (nSPS) is 14.9. The molecule has 1 aliphatic rings. The molecule has 0 N–H and O–H groups in total. The Morgan fingerprint density at radius 3 is 2.33 bits per heavy atom. The number of carbonyl (C=O) groups excluding carboxylic acids is 1. The number of carbonyl (C=O) groups is 1. The highest BCUT2D eigenvalue weighted by atomic mass is 35.5. The number of aryl methyl sites for hydroxylation is 1. The second-order valence-corrected chi connectivity index (χ2v) is 7.60. The first kappa shape index (κ1) is 17.9. The van der Waals surface area contributed by atoms with Crippen molar-refractivity contribution in [1.29, 1.82) is 0 Å². The van der Waals surface area contributed by atoms with Crippen LogP contribution in [0.25, 0.3) is 17.3 Å². The molecular formula is C22H18Cl2N2O. The van der Waals surface area contributed by atoms with Crippen LogP contribution in [-0.4, -0.2) is 17.5 Å². The van der Waals surface area contributed by atoms with E-state index in [1.807, 2.05) is 56.3 Å². The molecule has 0 saturated carbocycles. The molecule has 0 saturated heterocycles. The molecule has 4 rings (SSSR count). The van der Waals surface area contributed by atoms with Gasteiger partial charge in [-0.05, 0) is 55.8 Å². The van der Waals surface area contributed by atoms with E-state index < -0.39 is 0 Å². The number of fused-ring (bicyclic) bond motifs is 1. The maximum atomic E-state index is 12.7. The fourth-order valence-electron chi connectivity index (χ4n) is 3.69. The summed E-state index contributed by atoms with van der Waals surface area (Å²) < 4.78 is 2.10. The van der Waals surface area contributed by atoms with E-state index in [2.05, 4.69) is 10.6 Å². The van der Waals surface area contributed by atoms with Gasteiger partial charge in [0.15, 0.2) is 0 Å². The third-order valence-electron chi connectivity index (χ3n) is 4.97. The number of rotatable bonds is 2. The molecular weight excluding hydrogens is 379 g/mol. The second-order valence-electron chi connectivity index (χ2n) is 6.73. The Hall–Kier alpha value is -2.49. The van der Waals surface area contributed by atoms with Crippen molar-refractivity contribution in [2.45, 2.75) is 13.8 Å². The van der Waals surface area contributed by atoms with Gasteiger partial charge in [0, 0.05) is 45.3 Å². The Bertz CT molecular complexity index is 1090. The molecule has 2 heterocycles. The molecule has 0 spiro atoms. The summed E-state index contributed by atoms with van der Waals surface area (Å²) >= 11 is 12.4. The smallest absolute Gasteiger partial charge is 0.258 e. The predicted molar refractivity (Wildman–Crippen MR) is 113 cm³/mol. The van der Waals surface area contributed by atoms with Gasteiger partial charge in [-0.3, -0.25) is 4.79 Å². The van der Waals surface area contributed by atoms with Crippen LogP contribution in [0.5, 0.6) is 0 Å². The molecule has 136 valence electrons. The van der Waals surface area contributed by atoms with E-state index in [-0.39, 0.29) is 5.91 Å². The minimum atomic E-state index is 0.00630. The molecule has 0 unspecified atom stereocenters. The van der Waals surface area contributed by atoms with Gasteiger partial charge in [-0.25, -0.2) is 0 Å². The van der Waals surface area contributed by atoms with Crippen molar-refractivity contribution in [3.05, 3.63) is 81.1 Å². The van der Waals surface area contributed by atoms with Gasteiger partial charge in [0.2, 0.25) is 0 Å². The van der Waals surface area contributed by atoms with Gasteiger partial charge in [0.25, 0.3) is 5.91 Å². The standard InChI is InChI=1S/C22H18Cl2N2O/c1-13-8-15(14(2)26(13)18-11-16(23)10-17(24)12-18)9-20-19-6-4-5-7-21(19)25(3)22(20)27/h4-12H,1-3H3/b20-9+. The van der Waals surface area contributed by atoms with Gasteiger partial charge in [-0.15, -0.1) is 0 Å². The molecule has 0 atom stereocenters. The fraction of sp³-hybridized carbons (Fsp3) is 0.136. The number of halogens is 2. The quantitative estimate of drug-likeness (QED) is 0.493. The lowest BCUT2D eigenvalue weighted by Gasteiger charge is -2.11. The number of hydrogen-bond acceptors (Lipinski definition) is 1. The van der Waals surface area contributed by atoms with Gasteiger partial charge in [0.1, 0.15) is 0 Å². The number of nitrogens with zero attached hydrogens (tertiary/aromatic N) is 2. The average Bonchev–Trinajstić information content (AvgIpc) is 3.03. The Balaban J connectivity index is 1.86. The number of benzene rings is 2. The topological polar surface area (TPSA) is 25.2 Å². The largest absolute Gasteiger partial charge is 0.318 e. The molecule has 0 aliphatic carbocycles. The zero-order valence-electron chi connectivity index (χ0n) is 15.3. The monoisotopic (exact) mass is 396 g/mol. The summed E-state index contributed by atoms with van der Waals surface area (Å²) in [5, 5.41) is 1.18. The van der Waals surface area contributed by atoms with E-state index in [0.29, 0.717) is 15.6 Å². The third kappa shape index (κ3) is 2.97. The SMILES string of the molecule is Cc1cc(/C=C2/C(=O)N(C)c3ccccc32)c(C)n1-c1cc(Cl)cc(Cl)c1. The van der Waals surface area contributed by atoms with Gasteiger partial charge < -0.3 is 9.47 Å². The zero-order chi connectivity index (χ0) is 19.3. The molecule has 0 radical (unpaired) electrons. The van der Waals surface area contributed by atoms with Crippen molar-refractivity contribution in [1.82, 2.24) is 4.57 Å². The first-order chi connectivity index (χ1) is 12.9. The van der Waals surface area contributed by atoms with Crippen LogP contribution in [0.2, 0.25) is 10.0 Å². The molecule has 0 bridgehead atoms. The fourth-order valence-corrected chi connectivity index (χ4v) is 4.21. The van der Waals surface area contributed by atoms with Gasteiger partial charge >= 0.3 is 0 Å². The molecule has 5 heteroatoms. The number of amides is 1. The van der Waals surface area contributed by atoms with Crippen molar-refractivity contribution < 1.29 is 4.79 Å². The van der Waals surface area contributed by atoms with Crippen molar-refractivity contribution in [2.24, 2.45) is 0 Å². The second kappa shape index (κ2) is 6.59. The summed E-state index contributed by atoms with van der Waals surface area (Å²) in [5.41, 5.74) is 6.57. The molecule has 0 fully saturated rings. The van der Waals surface area contributed by atoms with Crippen LogP contribution in [0.1, 0.15) is 22.5 Å². The maximum Gasteiger partial charge on any atom is 0.258 e. The third-order valence-corrected chi connectivity index (χ3v) is 5.40. The van der Waals surface area contributed by atoms with Crippen LogP contribution in [0.15, 0.2) is 48.5 Å². The van der Waals surface area contributed by atoms with Crippen LogP contribution in [-0.2, 0) is 4.79 Å². The van der Waals surface area contributed by atoms with Crippen LogP contribution in [0.3, 0.4) is 0 Å². The molecule has 1 aliphatic heterocycles. The van der Waals surface area contributed by atoms with E-state index in [4.69, 9.17) is 23.2 Å². The average molecular weight is 397 g/mol. The van der Waals surface area contributed by atoms with E-state index in [9.17, 15) is 4.79 Å². The summed E-state index contributed by atoms with van der Waals surface area (Å²) in [7, 11) is 1.80. The molecule has 2 aromatic carbocycles. The lowest BCUT2D eigenvalue weighted by Crippen LogP contribution is -2.20.